The van der Waals surface area contributed by atoms with E-state index in [1.54, 1.807) is 12.2 Å². The molecule has 1 aliphatic heterocycles. The van der Waals surface area contributed by atoms with Crippen LogP contribution in [-0.4, -0.2) is 42.9 Å². The molecule has 0 spiro atoms. The second-order valence-electron chi connectivity index (χ2n) is 5.09. The molecule has 2 rings (SSSR count). The smallest absolute Gasteiger partial charge is 0.315 e. The lowest BCUT2D eigenvalue weighted by Gasteiger charge is -2.14. The number of carboxylic acids is 1. The molecule has 6 nitrogen and oxygen atoms in total. The highest BCUT2D eigenvalue weighted by Crippen LogP contribution is 2.18. The van der Waals surface area contributed by atoms with Gasteiger partial charge in [0.25, 0.3) is 0 Å². The molecule has 0 aromatic heterocycles. The predicted molar refractivity (Wildman–Crippen MR) is 68.7 cm³/mol. The van der Waals surface area contributed by atoms with E-state index in [0.29, 0.717) is 18.9 Å². The Morgan fingerprint density at radius 1 is 1.37 bits per heavy atom. The maximum atomic E-state index is 11.6. The Morgan fingerprint density at radius 2 is 2.21 bits per heavy atom. The molecule has 1 saturated heterocycles. The zero-order chi connectivity index (χ0) is 13.7. The number of carboxylic acid groups (broad SMARTS) is 1. The van der Waals surface area contributed by atoms with E-state index in [1.165, 1.54) is 0 Å². The van der Waals surface area contributed by atoms with Crippen molar-refractivity contribution in [1.82, 2.24) is 10.6 Å². The van der Waals surface area contributed by atoms with Crippen LogP contribution < -0.4 is 10.6 Å². The van der Waals surface area contributed by atoms with Crippen molar-refractivity contribution in [2.75, 3.05) is 19.8 Å². The number of rotatable bonds is 5. The van der Waals surface area contributed by atoms with E-state index >= 15 is 0 Å². The lowest BCUT2D eigenvalue weighted by Crippen LogP contribution is -2.41. The molecular formula is C13H20N2O4. The fraction of sp³-hybridized carbons (Fsp3) is 0.692. The standard InChI is InChI=1S/C13H20N2O4/c16-12(17)10-1-2-11(7-10)15-13(18)14-5-3-9-4-6-19-8-9/h1-2,9-11H,3-8H2,(H,16,17)(H2,14,15,18). The summed E-state index contributed by atoms with van der Waals surface area (Å²) >= 11 is 0. The van der Waals surface area contributed by atoms with Crippen LogP contribution in [0.15, 0.2) is 12.2 Å². The summed E-state index contributed by atoms with van der Waals surface area (Å²) in [5.74, 6) is -0.786. The molecule has 0 radical (unpaired) electrons. The Hall–Kier alpha value is -1.56. The van der Waals surface area contributed by atoms with Gasteiger partial charge in [-0.05, 0) is 25.2 Å². The third-order valence-corrected chi connectivity index (χ3v) is 3.58. The van der Waals surface area contributed by atoms with E-state index < -0.39 is 11.9 Å². The molecule has 2 amide bonds. The molecule has 106 valence electrons. The molecule has 0 bridgehead atoms. The second-order valence-corrected chi connectivity index (χ2v) is 5.09. The van der Waals surface area contributed by atoms with Crippen molar-refractivity contribution in [3.63, 3.8) is 0 Å². The summed E-state index contributed by atoms with van der Waals surface area (Å²) in [7, 11) is 0. The average Bonchev–Trinajstić information content (AvgIpc) is 3.00. The van der Waals surface area contributed by atoms with Gasteiger partial charge in [-0.2, -0.15) is 0 Å². The normalized spacial score (nSPS) is 29.4. The highest BCUT2D eigenvalue weighted by atomic mass is 16.5. The first-order valence-corrected chi connectivity index (χ1v) is 6.68. The molecule has 3 unspecified atom stereocenters. The lowest BCUT2D eigenvalue weighted by molar-refractivity contribution is -0.140. The van der Waals surface area contributed by atoms with E-state index in [9.17, 15) is 9.59 Å². The van der Waals surface area contributed by atoms with Gasteiger partial charge in [0.2, 0.25) is 0 Å². The molecule has 0 aromatic rings. The molecule has 0 saturated carbocycles. The van der Waals surface area contributed by atoms with Gasteiger partial charge in [-0.15, -0.1) is 0 Å². The molecule has 2 aliphatic rings. The summed E-state index contributed by atoms with van der Waals surface area (Å²) in [6.45, 7) is 2.23. The van der Waals surface area contributed by atoms with E-state index in [0.717, 1.165) is 26.1 Å². The van der Waals surface area contributed by atoms with Crippen LogP contribution in [0.1, 0.15) is 19.3 Å². The van der Waals surface area contributed by atoms with Gasteiger partial charge in [-0.3, -0.25) is 4.79 Å². The first-order valence-electron chi connectivity index (χ1n) is 6.68. The minimum Gasteiger partial charge on any atom is -0.481 e. The number of aliphatic carboxylic acids is 1. The van der Waals surface area contributed by atoms with Gasteiger partial charge in [0, 0.05) is 19.8 Å². The fourth-order valence-electron chi connectivity index (χ4n) is 2.41. The summed E-state index contributed by atoms with van der Waals surface area (Å²) < 4.78 is 5.26. The lowest BCUT2D eigenvalue weighted by atomic mass is 10.1. The number of carbonyl (C=O) groups excluding carboxylic acids is 1. The summed E-state index contributed by atoms with van der Waals surface area (Å²) in [5.41, 5.74) is 0. The van der Waals surface area contributed by atoms with Crippen LogP contribution in [0.25, 0.3) is 0 Å². The number of amides is 2. The zero-order valence-electron chi connectivity index (χ0n) is 10.8. The highest BCUT2D eigenvalue weighted by molar-refractivity contribution is 5.76. The minimum atomic E-state index is -0.845. The van der Waals surface area contributed by atoms with Crippen LogP contribution in [-0.2, 0) is 9.53 Å². The van der Waals surface area contributed by atoms with Crippen LogP contribution in [0.2, 0.25) is 0 Å². The molecule has 6 heteroatoms. The Balaban J connectivity index is 1.59. The van der Waals surface area contributed by atoms with Crippen molar-refractivity contribution in [3.05, 3.63) is 12.2 Å². The van der Waals surface area contributed by atoms with Gasteiger partial charge in [0.05, 0.1) is 12.0 Å². The maximum absolute atomic E-state index is 11.6. The first-order chi connectivity index (χ1) is 9.15. The topological polar surface area (TPSA) is 87.7 Å². The number of nitrogens with one attached hydrogen (secondary N) is 2. The fourth-order valence-corrected chi connectivity index (χ4v) is 2.41. The van der Waals surface area contributed by atoms with Gasteiger partial charge in [0.15, 0.2) is 0 Å². The van der Waals surface area contributed by atoms with Crippen LogP contribution in [0, 0.1) is 11.8 Å². The van der Waals surface area contributed by atoms with E-state index in [4.69, 9.17) is 9.84 Å². The van der Waals surface area contributed by atoms with Crippen molar-refractivity contribution in [1.29, 1.82) is 0 Å². The Bertz CT molecular complexity index is 364. The largest absolute Gasteiger partial charge is 0.481 e. The summed E-state index contributed by atoms with van der Waals surface area (Å²) in [6.07, 6.45) is 5.78. The average molecular weight is 268 g/mol. The SMILES string of the molecule is O=C(NCCC1CCOC1)NC1C=CC(C(=O)O)C1. The number of hydrogen-bond donors (Lipinski definition) is 3. The number of ether oxygens (including phenoxy) is 1. The molecule has 3 N–H and O–H groups in total. The Morgan fingerprint density at radius 3 is 2.84 bits per heavy atom. The zero-order valence-corrected chi connectivity index (χ0v) is 10.8. The number of carbonyl (C=O) groups is 2. The van der Waals surface area contributed by atoms with Gasteiger partial charge < -0.3 is 20.5 Å². The maximum Gasteiger partial charge on any atom is 0.315 e. The monoisotopic (exact) mass is 268 g/mol. The third kappa shape index (κ3) is 4.24. The van der Waals surface area contributed by atoms with Crippen molar-refractivity contribution in [3.8, 4) is 0 Å². The van der Waals surface area contributed by atoms with Crippen LogP contribution in [0.4, 0.5) is 4.79 Å². The van der Waals surface area contributed by atoms with Crippen LogP contribution >= 0.6 is 0 Å². The first kappa shape index (κ1) is 13.9. The number of hydrogen-bond acceptors (Lipinski definition) is 3. The van der Waals surface area contributed by atoms with Crippen LogP contribution in [0.3, 0.4) is 0 Å². The minimum absolute atomic E-state index is 0.184. The van der Waals surface area contributed by atoms with Crippen molar-refractivity contribution in [2.24, 2.45) is 11.8 Å². The van der Waals surface area contributed by atoms with Gasteiger partial charge >= 0.3 is 12.0 Å². The quantitative estimate of drug-likeness (QED) is 0.642. The second kappa shape index (κ2) is 6.56. The molecule has 1 heterocycles. The number of urea groups is 1. The summed E-state index contributed by atoms with van der Waals surface area (Å²) in [4.78, 5) is 22.4. The van der Waals surface area contributed by atoms with Crippen molar-refractivity contribution in [2.45, 2.75) is 25.3 Å². The molecule has 3 atom stereocenters. The van der Waals surface area contributed by atoms with Crippen molar-refractivity contribution < 1.29 is 19.4 Å². The van der Waals surface area contributed by atoms with Gasteiger partial charge in [0.1, 0.15) is 0 Å². The highest BCUT2D eigenvalue weighted by Gasteiger charge is 2.25. The Labute approximate surface area is 112 Å². The Kier molecular flexibility index (Phi) is 4.79. The van der Waals surface area contributed by atoms with Gasteiger partial charge in [-0.1, -0.05) is 12.2 Å². The predicted octanol–water partition coefficient (Wildman–Crippen LogP) is 0.741. The molecule has 19 heavy (non-hydrogen) atoms. The summed E-state index contributed by atoms with van der Waals surface area (Å²) in [5, 5.41) is 14.4. The third-order valence-electron chi connectivity index (χ3n) is 3.58. The van der Waals surface area contributed by atoms with Crippen LogP contribution in [0.5, 0.6) is 0 Å². The molecule has 0 aromatic carbocycles. The van der Waals surface area contributed by atoms with E-state index in [1.807, 2.05) is 0 Å². The van der Waals surface area contributed by atoms with E-state index in [2.05, 4.69) is 10.6 Å². The van der Waals surface area contributed by atoms with Crippen molar-refractivity contribution >= 4 is 12.0 Å². The molecule has 1 aliphatic carbocycles. The summed E-state index contributed by atoms with van der Waals surface area (Å²) in [6, 6.07) is -0.421. The van der Waals surface area contributed by atoms with Gasteiger partial charge in [-0.25, -0.2) is 4.79 Å². The molecular weight excluding hydrogens is 248 g/mol. The molecule has 1 fully saturated rings. The van der Waals surface area contributed by atoms with E-state index in [-0.39, 0.29) is 12.1 Å².